The molecule has 3 aliphatic rings. The lowest BCUT2D eigenvalue weighted by atomic mass is 9.47. The van der Waals surface area contributed by atoms with E-state index in [-0.39, 0.29) is 6.10 Å². The third kappa shape index (κ3) is 7.58. The number of hydrogen-bond acceptors (Lipinski definition) is 2. The Balaban J connectivity index is 0.000000285. The van der Waals surface area contributed by atoms with Gasteiger partial charge in [-0.25, -0.2) is 0 Å². The van der Waals surface area contributed by atoms with Crippen LogP contribution in [0.5, 0.6) is 0 Å². The molecule has 0 aromatic rings. The van der Waals surface area contributed by atoms with Gasteiger partial charge in [0.1, 0.15) is 0 Å². The third-order valence-corrected chi connectivity index (χ3v) is 6.72. The molecular formula is C25H44O2. The summed E-state index contributed by atoms with van der Waals surface area (Å²) in [7, 11) is 0. The van der Waals surface area contributed by atoms with Gasteiger partial charge in [-0.1, -0.05) is 50.6 Å². The second-order valence-corrected chi connectivity index (χ2v) is 9.70. The van der Waals surface area contributed by atoms with Crippen molar-refractivity contribution < 1.29 is 10.2 Å². The van der Waals surface area contributed by atoms with Crippen LogP contribution in [-0.2, 0) is 0 Å². The molecule has 0 aliphatic heterocycles. The third-order valence-electron chi connectivity index (χ3n) is 6.72. The molecule has 2 bridgehead atoms. The van der Waals surface area contributed by atoms with E-state index in [4.69, 9.17) is 5.11 Å². The second-order valence-electron chi connectivity index (χ2n) is 9.70. The zero-order valence-electron chi connectivity index (χ0n) is 18.7. The van der Waals surface area contributed by atoms with Crippen molar-refractivity contribution in [2.24, 2.45) is 23.2 Å². The molecule has 2 heteroatoms. The number of hydrogen-bond donors (Lipinski definition) is 2. The number of aliphatic hydroxyl groups excluding tert-OH is 2. The molecule has 27 heavy (non-hydrogen) atoms. The van der Waals surface area contributed by atoms with Crippen molar-refractivity contribution in [1.82, 2.24) is 0 Å². The Labute approximate surface area is 168 Å². The van der Waals surface area contributed by atoms with Gasteiger partial charge < -0.3 is 10.2 Å². The summed E-state index contributed by atoms with van der Waals surface area (Å²) < 4.78 is 0. The van der Waals surface area contributed by atoms with E-state index in [2.05, 4.69) is 60.3 Å². The lowest BCUT2D eigenvalue weighted by Gasteiger charge is -2.59. The predicted octanol–water partition coefficient (Wildman–Crippen LogP) is 6.45. The van der Waals surface area contributed by atoms with Gasteiger partial charge in [-0.3, -0.25) is 0 Å². The Hall–Kier alpha value is -0.860. The van der Waals surface area contributed by atoms with Crippen LogP contribution in [-0.4, -0.2) is 22.9 Å². The summed E-state index contributed by atoms with van der Waals surface area (Å²) in [6, 6.07) is 0. The Morgan fingerprint density at radius 2 is 1.81 bits per heavy atom. The van der Waals surface area contributed by atoms with Crippen LogP contribution in [0.3, 0.4) is 0 Å². The summed E-state index contributed by atoms with van der Waals surface area (Å²) >= 11 is 0. The summed E-state index contributed by atoms with van der Waals surface area (Å²) in [5.74, 6) is 1.98. The average Bonchev–Trinajstić information content (AvgIpc) is 2.57. The van der Waals surface area contributed by atoms with Crippen molar-refractivity contribution in [3.63, 3.8) is 0 Å². The largest absolute Gasteiger partial charge is 0.396 e. The Morgan fingerprint density at radius 1 is 1.15 bits per heavy atom. The smallest absolute Gasteiger partial charge is 0.0753 e. The van der Waals surface area contributed by atoms with Crippen molar-refractivity contribution in [2.45, 2.75) is 92.6 Å². The first-order chi connectivity index (χ1) is 12.6. The number of rotatable bonds is 8. The van der Waals surface area contributed by atoms with Crippen molar-refractivity contribution in [2.75, 3.05) is 6.61 Å². The Bertz CT molecular complexity index is 522. The van der Waals surface area contributed by atoms with Gasteiger partial charge in [-0.15, -0.1) is 0 Å². The van der Waals surface area contributed by atoms with E-state index < -0.39 is 0 Å². The first-order valence-electron chi connectivity index (χ1n) is 10.9. The van der Waals surface area contributed by atoms with Gasteiger partial charge in [0, 0.05) is 6.61 Å². The maximum absolute atomic E-state index is 9.51. The zero-order chi connectivity index (χ0) is 20.6. The van der Waals surface area contributed by atoms with Gasteiger partial charge >= 0.3 is 0 Å². The van der Waals surface area contributed by atoms with Gasteiger partial charge in [0.15, 0.2) is 0 Å². The molecule has 3 aliphatic carbocycles. The summed E-state index contributed by atoms with van der Waals surface area (Å²) in [6.07, 6.45) is 12.3. The standard InChI is InChI=1S/C15H28O.C10H16O/c1-13(2)7-5-8-14(3)9-6-10-15(4)11-12-16;1-6-8-4-7(5-9(6)11)10(8,2)3/h7,9,15-16H,5-6,8,10-12H2,1-4H3;7-9,11H,1,4-5H2,2-3H3. The minimum atomic E-state index is -0.202. The highest BCUT2D eigenvalue weighted by Gasteiger charge is 2.54. The molecule has 0 aromatic heterocycles. The fourth-order valence-corrected chi connectivity index (χ4v) is 4.37. The number of aliphatic hydroxyl groups is 2. The minimum Gasteiger partial charge on any atom is -0.396 e. The normalized spacial score (nSPS) is 27.2. The van der Waals surface area contributed by atoms with E-state index in [0.717, 1.165) is 37.2 Å². The molecule has 4 unspecified atom stereocenters. The maximum atomic E-state index is 9.51. The monoisotopic (exact) mass is 376 g/mol. The predicted molar refractivity (Wildman–Crippen MR) is 118 cm³/mol. The molecule has 3 saturated carbocycles. The van der Waals surface area contributed by atoms with Crippen LogP contribution in [0, 0.1) is 23.2 Å². The van der Waals surface area contributed by atoms with Crippen LogP contribution in [0.2, 0.25) is 0 Å². The highest BCUT2D eigenvalue weighted by Crippen LogP contribution is 2.60. The van der Waals surface area contributed by atoms with Gasteiger partial charge in [-0.2, -0.15) is 0 Å². The van der Waals surface area contributed by atoms with Crippen LogP contribution in [0.15, 0.2) is 35.5 Å². The molecular weight excluding hydrogens is 332 g/mol. The Kier molecular flexibility index (Phi) is 10.0. The van der Waals surface area contributed by atoms with Gasteiger partial charge in [0.2, 0.25) is 0 Å². The number of allylic oxidation sites excluding steroid dienone is 4. The molecule has 156 valence electrons. The van der Waals surface area contributed by atoms with E-state index in [0.29, 0.717) is 23.9 Å². The van der Waals surface area contributed by atoms with Crippen LogP contribution in [0.25, 0.3) is 0 Å². The topological polar surface area (TPSA) is 40.5 Å². The van der Waals surface area contributed by atoms with E-state index >= 15 is 0 Å². The SMILES string of the molecule is C=C1C(O)CC2CC1C2(C)C.CC(C)=CCCC(C)=CCCC(C)CCO. The minimum absolute atomic E-state index is 0.202. The van der Waals surface area contributed by atoms with Crippen molar-refractivity contribution in [3.8, 4) is 0 Å². The number of fused-ring (bicyclic) bond motifs is 2. The van der Waals surface area contributed by atoms with Crippen LogP contribution < -0.4 is 0 Å². The van der Waals surface area contributed by atoms with Crippen LogP contribution >= 0.6 is 0 Å². The highest BCUT2D eigenvalue weighted by molar-refractivity contribution is 5.23. The lowest BCUT2D eigenvalue weighted by Crippen LogP contribution is -2.53. The van der Waals surface area contributed by atoms with E-state index in [1.54, 1.807) is 0 Å². The van der Waals surface area contributed by atoms with Crippen molar-refractivity contribution >= 4 is 0 Å². The van der Waals surface area contributed by atoms with E-state index in [1.165, 1.54) is 30.4 Å². The lowest BCUT2D eigenvalue weighted by molar-refractivity contribution is -0.0705. The highest BCUT2D eigenvalue weighted by atomic mass is 16.3. The van der Waals surface area contributed by atoms with Crippen molar-refractivity contribution in [1.29, 1.82) is 0 Å². The molecule has 0 aromatic carbocycles. The maximum Gasteiger partial charge on any atom is 0.0753 e. The molecule has 0 saturated heterocycles. The van der Waals surface area contributed by atoms with E-state index in [9.17, 15) is 5.11 Å². The molecule has 0 radical (unpaired) electrons. The summed E-state index contributed by atoms with van der Waals surface area (Å²) in [5, 5.41) is 18.3. The molecule has 0 heterocycles. The molecule has 2 N–H and O–H groups in total. The van der Waals surface area contributed by atoms with Gasteiger partial charge in [-0.05, 0) is 94.5 Å². The van der Waals surface area contributed by atoms with Crippen LogP contribution in [0.4, 0.5) is 0 Å². The fraction of sp³-hybridized carbons (Fsp3) is 0.760. The molecule has 0 amide bonds. The fourth-order valence-electron chi connectivity index (χ4n) is 4.37. The first kappa shape index (κ1) is 24.2. The second kappa shape index (κ2) is 11.2. The molecule has 3 rings (SSSR count). The zero-order valence-corrected chi connectivity index (χ0v) is 18.7. The quantitative estimate of drug-likeness (QED) is 0.478. The molecule has 2 nitrogen and oxygen atoms in total. The van der Waals surface area contributed by atoms with E-state index in [1.807, 2.05) is 0 Å². The molecule has 4 atom stereocenters. The molecule has 0 spiro atoms. The summed E-state index contributed by atoms with van der Waals surface area (Å²) in [6.45, 7) is 17.6. The first-order valence-corrected chi connectivity index (χ1v) is 10.9. The summed E-state index contributed by atoms with van der Waals surface area (Å²) in [4.78, 5) is 0. The van der Waals surface area contributed by atoms with Gasteiger partial charge in [0.05, 0.1) is 6.10 Å². The Morgan fingerprint density at radius 3 is 2.30 bits per heavy atom. The molecule has 3 fully saturated rings. The van der Waals surface area contributed by atoms with Crippen LogP contribution in [0.1, 0.15) is 86.5 Å². The van der Waals surface area contributed by atoms with Crippen molar-refractivity contribution in [3.05, 3.63) is 35.5 Å². The summed E-state index contributed by atoms with van der Waals surface area (Å²) in [5.41, 5.74) is 4.41. The average molecular weight is 377 g/mol. The van der Waals surface area contributed by atoms with Gasteiger partial charge in [0.25, 0.3) is 0 Å².